The van der Waals surface area contributed by atoms with Crippen LogP contribution in [0, 0.1) is 25.7 Å². The quantitative estimate of drug-likeness (QED) is 0.841. The van der Waals surface area contributed by atoms with E-state index >= 15 is 0 Å². The van der Waals surface area contributed by atoms with Gasteiger partial charge in [-0.3, -0.25) is 9.69 Å². The standard InChI is InChI=1S/C20H26N4O3/c1-12-3-4-14(26-12)8-24-9-16-15(17-5-6-20(16,10-24)27-17)7-21-19(25)18-13(2)22-11-23-18/h3-4,11,15-17H,5-10H2,1-2H3,(H,21,25)(H,22,23)/t15-,16+,17+,20+/m0/s1. The molecule has 3 aliphatic heterocycles. The van der Waals surface area contributed by atoms with Crippen molar-refractivity contribution in [3.05, 3.63) is 41.4 Å². The third kappa shape index (κ3) is 2.80. The predicted molar refractivity (Wildman–Crippen MR) is 98.2 cm³/mol. The van der Waals surface area contributed by atoms with Gasteiger partial charge < -0.3 is 19.5 Å². The molecule has 0 aromatic carbocycles. The van der Waals surface area contributed by atoms with Crippen LogP contribution in [-0.4, -0.2) is 52.1 Å². The van der Waals surface area contributed by atoms with E-state index in [0.29, 0.717) is 24.1 Å². The van der Waals surface area contributed by atoms with Crippen molar-refractivity contribution in [2.45, 2.75) is 44.9 Å². The van der Waals surface area contributed by atoms with Crippen molar-refractivity contribution in [1.82, 2.24) is 20.2 Å². The van der Waals surface area contributed by atoms with E-state index in [9.17, 15) is 4.79 Å². The molecule has 7 nitrogen and oxygen atoms in total. The second-order valence-corrected chi connectivity index (χ2v) is 8.30. The number of fused-ring (bicyclic) bond motifs is 1. The van der Waals surface area contributed by atoms with Gasteiger partial charge >= 0.3 is 0 Å². The first kappa shape index (κ1) is 17.0. The Kier molecular flexibility index (Phi) is 3.91. The first-order valence-electron chi connectivity index (χ1n) is 9.78. The molecule has 0 unspecified atom stereocenters. The molecule has 0 radical (unpaired) electrons. The summed E-state index contributed by atoms with van der Waals surface area (Å²) in [6.07, 6.45) is 4.04. The van der Waals surface area contributed by atoms with E-state index in [0.717, 1.165) is 49.7 Å². The molecule has 2 bridgehead atoms. The third-order valence-electron chi connectivity index (χ3n) is 6.57. The van der Waals surface area contributed by atoms with Gasteiger partial charge in [-0.15, -0.1) is 0 Å². The van der Waals surface area contributed by atoms with E-state index < -0.39 is 0 Å². The molecule has 0 saturated carbocycles. The van der Waals surface area contributed by atoms with Crippen LogP contribution in [0.3, 0.4) is 0 Å². The summed E-state index contributed by atoms with van der Waals surface area (Å²) < 4.78 is 12.2. The predicted octanol–water partition coefficient (Wildman–Crippen LogP) is 2.03. The number of carbonyl (C=O) groups is 1. The average Bonchev–Trinajstić information content (AvgIpc) is 3.41. The Hall–Kier alpha value is -2.12. The topological polar surface area (TPSA) is 83.4 Å². The van der Waals surface area contributed by atoms with E-state index in [4.69, 9.17) is 9.15 Å². The third-order valence-corrected chi connectivity index (χ3v) is 6.57. The van der Waals surface area contributed by atoms with E-state index in [1.807, 2.05) is 19.9 Å². The van der Waals surface area contributed by atoms with Crippen LogP contribution < -0.4 is 5.32 Å². The zero-order chi connectivity index (χ0) is 18.6. The molecule has 2 N–H and O–H groups in total. The number of hydrogen-bond acceptors (Lipinski definition) is 5. The first-order chi connectivity index (χ1) is 13.0. The number of ether oxygens (including phenoxy) is 1. The van der Waals surface area contributed by atoms with Crippen molar-refractivity contribution in [2.24, 2.45) is 11.8 Å². The number of carbonyl (C=O) groups excluding carboxylic acids is 1. The SMILES string of the molecule is Cc1ccc(CN2C[C@@H]3[C@H](CNC(=O)c4nc[nH]c4C)[C@H]4CC[C@]3(C2)O4)o1. The van der Waals surface area contributed by atoms with E-state index in [-0.39, 0.29) is 17.6 Å². The van der Waals surface area contributed by atoms with Crippen molar-refractivity contribution in [2.75, 3.05) is 19.6 Å². The number of aromatic nitrogens is 2. The Balaban J connectivity index is 1.25. The molecule has 5 heterocycles. The molecule has 3 aliphatic rings. The molecule has 1 spiro atoms. The fourth-order valence-corrected chi connectivity index (χ4v) is 5.35. The van der Waals surface area contributed by atoms with Gasteiger partial charge in [0.1, 0.15) is 17.2 Å². The highest BCUT2D eigenvalue weighted by Gasteiger charge is 2.62. The highest BCUT2D eigenvalue weighted by Crippen LogP contribution is 2.54. The summed E-state index contributed by atoms with van der Waals surface area (Å²) in [4.78, 5) is 21.9. The lowest BCUT2D eigenvalue weighted by molar-refractivity contribution is 0.00166. The highest BCUT2D eigenvalue weighted by molar-refractivity contribution is 5.93. The summed E-state index contributed by atoms with van der Waals surface area (Å²) in [5, 5.41) is 3.09. The normalized spacial score (nSPS) is 32.1. The minimum Gasteiger partial charge on any atom is -0.465 e. The molecule has 27 heavy (non-hydrogen) atoms. The van der Waals surface area contributed by atoms with Gasteiger partial charge in [-0.1, -0.05) is 0 Å². The lowest BCUT2D eigenvalue weighted by Crippen LogP contribution is -2.42. The van der Waals surface area contributed by atoms with Crippen molar-refractivity contribution < 1.29 is 13.9 Å². The first-order valence-corrected chi connectivity index (χ1v) is 9.78. The lowest BCUT2D eigenvalue weighted by Gasteiger charge is -2.29. The number of aryl methyl sites for hydroxylation is 2. The molecule has 144 valence electrons. The Morgan fingerprint density at radius 1 is 1.44 bits per heavy atom. The molecule has 2 aromatic heterocycles. The summed E-state index contributed by atoms with van der Waals surface area (Å²) in [7, 11) is 0. The molecule has 5 rings (SSSR count). The number of imidazole rings is 1. The molecule has 3 fully saturated rings. The zero-order valence-corrected chi connectivity index (χ0v) is 15.8. The minimum absolute atomic E-state index is 0.0377. The Labute approximate surface area is 158 Å². The van der Waals surface area contributed by atoms with E-state index in [1.165, 1.54) is 0 Å². The number of likely N-dealkylation sites (tertiary alicyclic amines) is 1. The maximum Gasteiger partial charge on any atom is 0.271 e. The van der Waals surface area contributed by atoms with Gasteiger partial charge in [0.05, 0.1) is 24.6 Å². The largest absolute Gasteiger partial charge is 0.465 e. The Morgan fingerprint density at radius 3 is 3.07 bits per heavy atom. The number of H-pyrrole nitrogens is 1. The minimum atomic E-state index is -0.105. The molecular formula is C20H26N4O3. The van der Waals surface area contributed by atoms with Crippen LogP contribution >= 0.6 is 0 Å². The van der Waals surface area contributed by atoms with Crippen molar-refractivity contribution >= 4 is 5.91 Å². The van der Waals surface area contributed by atoms with Crippen molar-refractivity contribution in [3.63, 3.8) is 0 Å². The summed E-state index contributed by atoms with van der Waals surface area (Å²) in [5.41, 5.74) is 1.24. The number of nitrogens with one attached hydrogen (secondary N) is 2. The smallest absolute Gasteiger partial charge is 0.271 e. The molecule has 1 amide bonds. The maximum atomic E-state index is 12.4. The second-order valence-electron chi connectivity index (χ2n) is 8.30. The van der Waals surface area contributed by atoms with Crippen LogP contribution in [-0.2, 0) is 11.3 Å². The monoisotopic (exact) mass is 370 g/mol. The van der Waals surface area contributed by atoms with Gasteiger partial charge in [0.2, 0.25) is 0 Å². The highest BCUT2D eigenvalue weighted by atomic mass is 16.5. The van der Waals surface area contributed by atoms with Crippen LogP contribution in [0.15, 0.2) is 22.9 Å². The second kappa shape index (κ2) is 6.21. The maximum absolute atomic E-state index is 12.4. The molecule has 2 aromatic rings. The number of rotatable bonds is 5. The zero-order valence-electron chi connectivity index (χ0n) is 15.8. The summed E-state index contributed by atoms with van der Waals surface area (Å²) in [5.74, 6) is 2.69. The van der Waals surface area contributed by atoms with Crippen molar-refractivity contribution in [1.29, 1.82) is 0 Å². The van der Waals surface area contributed by atoms with Crippen LogP contribution in [0.4, 0.5) is 0 Å². The summed E-state index contributed by atoms with van der Waals surface area (Å²) >= 11 is 0. The van der Waals surface area contributed by atoms with E-state index in [1.54, 1.807) is 6.33 Å². The van der Waals surface area contributed by atoms with Gasteiger partial charge in [0, 0.05) is 37.2 Å². The van der Waals surface area contributed by atoms with Crippen LogP contribution in [0.1, 0.15) is 40.5 Å². The Bertz CT molecular complexity index is 859. The van der Waals surface area contributed by atoms with Gasteiger partial charge in [-0.05, 0) is 38.8 Å². The van der Waals surface area contributed by atoms with Crippen LogP contribution in [0.2, 0.25) is 0 Å². The van der Waals surface area contributed by atoms with Gasteiger partial charge in [0.25, 0.3) is 5.91 Å². The summed E-state index contributed by atoms with van der Waals surface area (Å²) in [6, 6.07) is 4.07. The van der Waals surface area contributed by atoms with Crippen molar-refractivity contribution in [3.8, 4) is 0 Å². The Morgan fingerprint density at radius 2 is 2.33 bits per heavy atom. The van der Waals surface area contributed by atoms with Gasteiger partial charge in [-0.25, -0.2) is 4.98 Å². The lowest BCUT2D eigenvalue weighted by atomic mass is 9.73. The molecule has 3 saturated heterocycles. The van der Waals surface area contributed by atoms with Crippen LogP contribution in [0.5, 0.6) is 0 Å². The number of hydrogen-bond donors (Lipinski definition) is 2. The number of amides is 1. The molecular weight excluding hydrogens is 344 g/mol. The van der Waals surface area contributed by atoms with Gasteiger partial charge in [-0.2, -0.15) is 0 Å². The molecule has 4 atom stereocenters. The molecule has 7 heteroatoms. The fraction of sp³-hybridized carbons (Fsp3) is 0.600. The van der Waals surface area contributed by atoms with Crippen LogP contribution in [0.25, 0.3) is 0 Å². The average molecular weight is 370 g/mol. The fourth-order valence-electron chi connectivity index (χ4n) is 5.35. The number of furan rings is 1. The van der Waals surface area contributed by atoms with E-state index in [2.05, 4.69) is 26.3 Å². The summed E-state index contributed by atoms with van der Waals surface area (Å²) in [6.45, 7) is 7.27. The number of nitrogens with zero attached hydrogens (tertiary/aromatic N) is 2. The van der Waals surface area contributed by atoms with Gasteiger partial charge in [0.15, 0.2) is 0 Å². The number of aromatic amines is 1. The molecule has 0 aliphatic carbocycles.